The molecule has 0 saturated carbocycles. The Hall–Kier alpha value is -4.18. The zero-order valence-corrected chi connectivity index (χ0v) is 26.4. The molecule has 0 fully saturated rings. The lowest BCUT2D eigenvalue weighted by molar-refractivity contribution is -0.120. The van der Waals surface area contributed by atoms with Gasteiger partial charge in [-0.25, -0.2) is 0 Å². The van der Waals surface area contributed by atoms with Crippen LogP contribution in [0, 0.1) is 0 Å². The Morgan fingerprint density at radius 3 is 1.64 bits per heavy atom. The highest BCUT2D eigenvalue weighted by Crippen LogP contribution is 2.41. The molecular formula is C38H46N2O2. The fourth-order valence-corrected chi connectivity index (χ4v) is 5.35. The van der Waals surface area contributed by atoms with Crippen LogP contribution in [-0.4, -0.2) is 17.9 Å². The highest BCUT2D eigenvalue weighted by Gasteiger charge is 2.32. The lowest BCUT2D eigenvalue weighted by Crippen LogP contribution is -2.39. The second-order valence-corrected chi connectivity index (χ2v) is 10.7. The molecule has 42 heavy (non-hydrogen) atoms. The van der Waals surface area contributed by atoms with E-state index in [1.165, 1.54) is 12.0 Å². The number of fused-ring (bicyclic) bond motifs is 6. The summed E-state index contributed by atoms with van der Waals surface area (Å²) in [4.78, 5) is 26.8. The van der Waals surface area contributed by atoms with Gasteiger partial charge in [0.1, 0.15) is 0 Å². The quantitative estimate of drug-likeness (QED) is 0.251. The van der Waals surface area contributed by atoms with Gasteiger partial charge in [-0.1, -0.05) is 119 Å². The molecule has 220 valence electrons. The number of amides is 2. The fraction of sp³-hybridized carbons (Fsp3) is 0.316. The van der Waals surface area contributed by atoms with E-state index in [9.17, 15) is 9.59 Å². The smallest absolute Gasteiger partial charge is 0.234 e. The summed E-state index contributed by atoms with van der Waals surface area (Å²) in [5.74, 6) is 0.0133. The number of hydrogen-bond acceptors (Lipinski definition) is 2. The van der Waals surface area contributed by atoms with Crippen molar-refractivity contribution < 1.29 is 9.59 Å². The molecule has 2 atom stereocenters. The van der Waals surface area contributed by atoms with Crippen molar-refractivity contribution in [1.29, 1.82) is 0 Å². The lowest BCUT2D eigenvalue weighted by atomic mass is 9.92. The summed E-state index contributed by atoms with van der Waals surface area (Å²) in [6, 6.07) is 32.6. The zero-order valence-electron chi connectivity index (χ0n) is 26.4. The van der Waals surface area contributed by atoms with Crippen molar-refractivity contribution in [3.63, 3.8) is 0 Å². The van der Waals surface area contributed by atoms with Gasteiger partial charge < -0.3 is 10.2 Å². The molecule has 6 rings (SSSR count). The number of hydrogen-bond donors (Lipinski definition) is 1. The predicted molar refractivity (Wildman–Crippen MR) is 179 cm³/mol. The Morgan fingerprint density at radius 2 is 1.07 bits per heavy atom. The minimum Gasteiger partial charge on any atom is -0.325 e. The van der Waals surface area contributed by atoms with E-state index < -0.39 is 0 Å². The monoisotopic (exact) mass is 562 g/mol. The fourth-order valence-electron chi connectivity index (χ4n) is 5.35. The Labute approximate surface area is 252 Å². The number of nitrogens with one attached hydrogen (secondary N) is 1. The predicted octanol–water partition coefficient (Wildman–Crippen LogP) is 10.1. The summed E-state index contributed by atoms with van der Waals surface area (Å²) in [7, 11) is 0. The number of anilines is 2. The largest absolute Gasteiger partial charge is 0.325 e. The third-order valence-electron chi connectivity index (χ3n) is 7.30. The average Bonchev–Trinajstić information content (AvgIpc) is 3.18. The topological polar surface area (TPSA) is 49.4 Å². The molecule has 0 spiro atoms. The first-order chi connectivity index (χ1) is 20.3. The summed E-state index contributed by atoms with van der Waals surface area (Å²) >= 11 is 0. The highest BCUT2D eigenvalue weighted by atomic mass is 16.2. The van der Waals surface area contributed by atoms with Crippen molar-refractivity contribution in [2.75, 3.05) is 10.2 Å². The van der Waals surface area contributed by atoms with E-state index in [1.54, 1.807) is 0 Å². The first-order valence-corrected chi connectivity index (χ1v) is 15.3. The molecule has 4 nitrogen and oxygen atoms in total. The van der Waals surface area contributed by atoms with Gasteiger partial charge >= 0.3 is 0 Å². The number of para-hydroxylation sites is 2. The molecule has 0 radical (unpaired) electrons. The molecule has 1 N–H and O–H groups in total. The van der Waals surface area contributed by atoms with Crippen LogP contribution in [0.2, 0.25) is 0 Å². The molecule has 2 heterocycles. The second kappa shape index (κ2) is 15.2. The van der Waals surface area contributed by atoms with Crippen LogP contribution in [0.15, 0.2) is 97.1 Å². The van der Waals surface area contributed by atoms with Crippen molar-refractivity contribution in [3.8, 4) is 22.3 Å². The maximum Gasteiger partial charge on any atom is 0.234 e. The van der Waals surface area contributed by atoms with Gasteiger partial charge in [0.25, 0.3) is 0 Å². The van der Waals surface area contributed by atoms with E-state index in [2.05, 4.69) is 57.3 Å². The van der Waals surface area contributed by atoms with Gasteiger partial charge in [0, 0.05) is 22.9 Å². The molecule has 0 aromatic heterocycles. The SMILES string of the molecule is CC.CC1C(=O)N(C(C)C)c2ccccc2-c2ccccc21.CC1C(=O)Nc2ccccc2-c2ccccc21.CCC. The van der Waals surface area contributed by atoms with Gasteiger partial charge in [0.15, 0.2) is 0 Å². The molecule has 2 unspecified atom stereocenters. The van der Waals surface area contributed by atoms with E-state index >= 15 is 0 Å². The van der Waals surface area contributed by atoms with Crippen LogP contribution in [0.1, 0.15) is 84.8 Å². The molecule has 2 aliphatic heterocycles. The maximum absolute atomic E-state index is 12.8. The number of rotatable bonds is 1. The van der Waals surface area contributed by atoms with Crippen molar-refractivity contribution in [2.24, 2.45) is 0 Å². The molecule has 4 aromatic carbocycles. The highest BCUT2D eigenvalue weighted by molar-refractivity contribution is 6.05. The molecule has 0 aliphatic carbocycles. The first-order valence-electron chi connectivity index (χ1n) is 15.3. The summed E-state index contributed by atoms with van der Waals surface area (Å²) in [6.45, 7) is 16.3. The molecule has 2 aliphatic rings. The molecule has 0 bridgehead atoms. The minimum absolute atomic E-state index is 0.0578. The van der Waals surface area contributed by atoms with Crippen LogP contribution >= 0.6 is 0 Å². The molecule has 4 aromatic rings. The lowest BCUT2D eigenvalue weighted by Gasteiger charge is -2.28. The number of carbonyl (C=O) groups is 2. The van der Waals surface area contributed by atoms with Crippen molar-refractivity contribution >= 4 is 23.2 Å². The Morgan fingerprint density at radius 1 is 0.643 bits per heavy atom. The van der Waals surface area contributed by atoms with Crippen LogP contribution in [0.25, 0.3) is 22.3 Å². The third kappa shape index (κ3) is 6.82. The van der Waals surface area contributed by atoms with Gasteiger partial charge in [0.05, 0.1) is 17.5 Å². The maximum atomic E-state index is 12.8. The Bertz CT molecular complexity index is 1490. The van der Waals surface area contributed by atoms with E-state index in [1.807, 2.05) is 105 Å². The van der Waals surface area contributed by atoms with Crippen LogP contribution in [0.4, 0.5) is 11.4 Å². The Balaban J connectivity index is 0.000000202. The van der Waals surface area contributed by atoms with Gasteiger partial charge in [0.2, 0.25) is 11.8 Å². The van der Waals surface area contributed by atoms with E-state index in [4.69, 9.17) is 0 Å². The van der Waals surface area contributed by atoms with E-state index in [0.29, 0.717) is 0 Å². The van der Waals surface area contributed by atoms with Gasteiger partial charge in [-0.3, -0.25) is 9.59 Å². The molecule has 0 saturated heterocycles. The van der Waals surface area contributed by atoms with E-state index in [0.717, 1.165) is 39.2 Å². The second-order valence-electron chi connectivity index (χ2n) is 10.7. The standard InChI is InChI=1S/C18H19NO.C15H13NO.C3H8.C2H6/c1-12(2)19-17-11-7-6-10-16(17)15-9-5-4-8-14(15)13(3)18(19)20;1-10-11-6-2-3-7-12(11)13-8-4-5-9-14(13)16-15(10)17;1-3-2;1-2/h4-13H,1-3H3;2-10H,1H3,(H,16,17);3H2,1-2H3;1-2H3. The van der Waals surface area contributed by atoms with Gasteiger partial charge in [-0.2, -0.15) is 0 Å². The third-order valence-corrected chi connectivity index (χ3v) is 7.30. The van der Waals surface area contributed by atoms with Crippen LogP contribution in [0.5, 0.6) is 0 Å². The minimum atomic E-state index is -0.112. The average molecular weight is 563 g/mol. The summed E-state index contributed by atoms with van der Waals surface area (Å²) in [5.41, 5.74) is 8.69. The number of carbonyl (C=O) groups excluding carboxylic acids is 2. The molecular weight excluding hydrogens is 516 g/mol. The number of benzene rings is 4. The van der Waals surface area contributed by atoms with Crippen molar-refractivity contribution in [1.82, 2.24) is 0 Å². The van der Waals surface area contributed by atoms with E-state index in [-0.39, 0.29) is 29.7 Å². The zero-order chi connectivity index (χ0) is 30.8. The van der Waals surface area contributed by atoms with Gasteiger partial charge in [-0.15, -0.1) is 0 Å². The first kappa shape index (κ1) is 32.3. The van der Waals surface area contributed by atoms with Gasteiger partial charge in [-0.05, 0) is 62.1 Å². The Kier molecular flexibility index (Phi) is 11.7. The van der Waals surface area contributed by atoms with Crippen LogP contribution in [-0.2, 0) is 9.59 Å². The van der Waals surface area contributed by atoms with Crippen molar-refractivity contribution in [2.45, 2.75) is 79.7 Å². The normalized spacial score (nSPS) is 16.2. The summed E-state index contributed by atoms with van der Waals surface area (Å²) in [6.07, 6.45) is 1.25. The van der Waals surface area contributed by atoms with Crippen LogP contribution < -0.4 is 10.2 Å². The summed E-state index contributed by atoms with van der Waals surface area (Å²) in [5, 5.41) is 2.98. The molecule has 2 amide bonds. The van der Waals surface area contributed by atoms with Crippen LogP contribution in [0.3, 0.4) is 0 Å². The molecule has 4 heteroatoms. The van der Waals surface area contributed by atoms with Crippen molar-refractivity contribution in [3.05, 3.63) is 108 Å². The number of nitrogens with zero attached hydrogens (tertiary/aromatic N) is 1. The summed E-state index contributed by atoms with van der Waals surface area (Å²) < 4.78 is 0.